The van der Waals surface area contributed by atoms with Gasteiger partial charge >= 0.3 is 0 Å². The van der Waals surface area contributed by atoms with Gasteiger partial charge in [0.2, 0.25) is 0 Å². The fraction of sp³-hybridized carbons (Fsp3) is 0.950. The van der Waals surface area contributed by atoms with Crippen LogP contribution < -0.4 is 0 Å². The molecule has 0 aromatic carbocycles. The SMILES string of the molecule is CC1(C)C(=O)CC[C@]2(C)[C@@H]1CC[C@@]13CC[C@@H](C[C@H]12)[C@@](C)(O)C3. The maximum Gasteiger partial charge on any atom is 0.138 e. The fourth-order valence-corrected chi connectivity index (χ4v) is 7.72. The molecule has 1 N–H and O–H groups in total. The van der Waals surface area contributed by atoms with E-state index in [1.165, 1.54) is 32.1 Å². The number of carbonyl (C=O) groups is 1. The van der Waals surface area contributed by atoms with Gasteiger partial charge in [-0.05, 0) is 80.5 Å². The molecule has 0 aromatic heterocycles. The molecule has 124 valence electrons. The van der Waals surface area contributed by atoms with Gasteiger partial charge < -0.3 is 5.11 Å². The van der Waals surface area contributed by atoms with Crippen molar-refractivity contribution in [1.82, 2.24) is 0 Å². The molecule has 2 bridgehead atoms. The minimum absolute atomic E-state index is 0.145. The van der Waals surface area contributed by atoms with Gasteiger partial charge in [-0.25, -0.2) is 0 Å². The van der Waals surface area contributed by atoms with Gasteiger partial charge in [0.15, 0.2) is 0 Å². The lowest BCUT2D eigenvalue weighted by Gasteiger charge is -2.69. The van der Waals surface area contributed by atoms with E-state index in [9.17, 15) is 9.90 Å². The second-order valence-corrected chi connectivity index (χ2v) is 10.2. The van der Waals surface area contributed by atoms with E-state index in [2.05, 4.69) is 27.7 Å². The van der Waals surface area contributed by atoms with Crippen LogP contribution >= 0.6 is 0 Å². The topological polar surface area (TPSA) is 37.3 Å². The van der Waals surface area contributed by atoms with E-state index < -0.39 is 5.60 Å². The van der Waals surface area contributed by atoms with Crippen LogP contribution in [0.25, 0.3) is 0 Å². The van der Waals surface area contributed by atoms with E-state index in [1.807, 2.05) is 0 Å². The molecular weight excluding hydrogens is 272 g/mol. The van der Waals surface area contributed by atoms with Crippen molar-refractivity contribution in [1.29, 1.82) is 0 Å². The Morgan fingerprint density at radius 2 is 1.68 bits per heavy atom. The molecular formula is C20H32O2. The van der Waals surface area contributed by atoms with Crippen molar-refractivity contribution in [2.45, 2.75) is 84.7 Å². The summed E-state index contributed by atoms with van der Waals surface area (Å²) < 4.78 is 0. The Kier molecular flexibility index (Phi) is 2.88. The molecule has 0 saturated heterocycles. The molecule has 2 nitrogen and oxygen atoms in total. The monoisotopic (exact) mass is 304 g/mol. The molecule has 2 heteroatoms. The second-order valence-electron chi connectivity index (χ2n) is 10.2. The molecule has 0 heterocycles. The highest BCUT2D eigenvalue weighted by molar-refractivity contribution is 5.85. The van der Waals surface area contributed by atoms with E-state index in [0.717, 1.165) is 25.2 Å². The first-order valence-corrected chi connectivity index (χ1v) is 9.38. The van der Waals surface area contributed by atoms with Crippen LogP contribution in [0.5, 0.6) is 0 Å². The largest absolute Gasteiger partial charge is 0.390 e. The standard InChI is InChI=1S/C20H32O2/c1-17(2)14-6-10-20-9-5-13(19(4,22)12-20)11-15(20)18(14,3)8-7-16(17)21/h13-15,22H,5-12H2,1-4H3/t13-,14+,15-,18+,19-,20+/m0/s1. The van der Waals surface area contributed by atoms with Crippen LogP contribution in [-0.4, -0.2) is 16.5 Å². The van der Waals surface area contributed by atoms with Crippen molar-refractivity contribution in [2.24, 2.45) is 34.0 Å². The predicted octanol–water partition coefficient (Wildman–Crippen LogP) is 4.35. The zero-order chi connectivity index (χ0) is 16.0. The Morgan fingerprint density at radius 1 is 1.00 bits per heavy atom. The highest BCUT2D eigenvalue weighted by Gasteiger charge is 2.66. The van der Waals surface area contributed by atoms with E-state index in [1.54, 1.807) is 0 Å². The first-order chi connectivity index (χ1) is 10.1. The van der Waals surface area contributed by atoms with Gasteiger partial charge in [-0.15, -0.1) is 0 Å². The average Bonchev–Trinajstić information content (AvgIpc) is 2.42. The lowest BCUT2D eigenvalue weighted by atomic mass is 9.36. The Balaban J connectivity index is 1.75. The molecule has 0 radical (unpaired) electrons. The van der Waals surface area contributed by atoms with Crippen molar-refractivity contribution in [3.8, 4) is 0 Å². The van der Waals surface area contributed by atoms with Gasteiger partial charge in [0.25, 0.3) is 0 Å². The summed E-state index contributed by atoms with van der Waals surface area (Å²) in [5, 5.41) is 10.9. The van der Waals surface area contributed by atoms with E-state index in [4.69, 9.17) is 0 Å². The molecule has 1 spiro atoms. The summed E-state index contributed by atoms with van der Waals surface area (Å²) in [4.78, 5) is 12.5. The highest BCUT2D eigenvalue weighted by atomic mass is 16.3. The third-order valence-electron chi connectivity index (χ3n) is 8.84. The van der Waals surface area contributed by atoms with Crippen LogP contribution in [-0.2, 0) is 4.79 Å². The summed E-state index contributed by atoms with van der Waals surface area (Å²) in [5.41, 5.74) is 0.0799. The lowest BCUT2D eigenvalue weighted by molar-refractivity contribution is -0.227. The van der Waals surface area contributed by atoms with Crippen LogP contribution in [0.1, 0.15) is 79.1 Å². The normalized spacial score (nSPS) is 56.4. The quantitative estimate of drug-likeness (QED) is 0.722. The van der Waals surface area contributed by atoms with Crippen molar-refractivity contribution >= 4 is 5.78 Å². The Bertz CT molecular complexity index is 520. The molecule has 0 amide bonds. The van der Waals surface area contributed by atoms with Crippen LogP contribution in [0.3, 0.4) is 0 Å². The number of carbonyl (C=O) groups excluding carboxylic acids is 1. The van der Waals surface area contributed by atoms with Gasteiger partial charge in [-0.2, -0.15) is 0 Å². The lowest BCUT2D eigenvalue weighted by Crippen LogP contribution is -2.65. The van der Waals surface area contributed by atoms with Crippen molar-refractivity contribution in [3.05, 3.63) is 0 Å². The first kappa shape index (κ1) is 15.2. The number of rotatable bonds is 0. The molecule has 0 aliphatic heterocycles. The van der Waals surface area contributed by atoms with Crippen LogP contribution in [0.2, 0.25) is 0 Å². The number of aliphatic hydroxyl groups is 1. The number of hydrogen-bond donors (Lipinski definition) is 1. The van der Waals surface area contributed by atoms with E-state index >= 15 is 0 Å². The third kappa shape index (κ3) is 1.68. The zero-order valence-corrected chi connectivity index (χ0v) is 14.7. The second kappa shape index (κ2) is 4.18. The van der Waals surface area contributed by atoms with Crippen LogP contribution in [0.15, 0.2) is 0 Å². The molecule has 6 atom stereocenters. The summed E-state index contributed by atoms with van der Waals surface area (Å²) >= 11 is 0. The van der Waals surface area contributed by atoms with Crippen LogP contribution in [0, 0.1) is 34.0 Å². The highest BCUT2D eigenvalue weighted by Crippen LogP contribution is 2.72. The summed E-state index contributed by atoms with van der Waals surface area (Å²) in [6.45, 7) is 8.98. The van der Waals surface area contributed by atoms with Crippen LogP contribution in [0.4, 0.5) is 0 Å². The third-order valence-corrected chi connectivity index (χ3v) is 8.84. The molecule has 5 rings (SSSR count). The molecule has 5 aliphatic carbocycles. The Labute approximate surface area is 135 Å². The van der Waals surface area contributed by atoms with Crippen molar-refractivity contribution < 1.29 is 9.90 Å². The first-order valence-electron chi connectivity index (χ1n) is 9.38. The summed E-state index contributed by atoms with van der Waals surface area (Å²) in [6.07, 6.45) is 9.01. The Hall–Kier alpha value is -0.370. The Morgan fingerprint density at radius 3 is 2.36 bits per heavy atom. The summed E-state index contributed by atoms with van der Waals surface area (Å²) in [7, 11) is 0. The van der Waals surface area contributed by atoms with Gasteiger partial charge in [-0.3, -0.25) is 4.79 Å². The number of ketones is 1. The molecule has 5 aliphatic rings. The number of fused-ring (bicyclic) bond motifs is 3. The maximum absolute atomic E-state index is 12.5. The molecule has 5 saturated carbocycles. The van der Waals surface area contributed by atoms with Crippen molar-refractivity contribution in [2.75, 3.05) is 0 Å². The molecule has 5 fully saturated rings. The molecule has 22 heavy (non-hydrogen) atoms. The smallest absolute Gasteiger partial charge is 0.138 e. The predicted molar refractivity (Wildman–Crippen MR) is 87.4 cm³/mol. The average molecular weight is 304 g/mol. The van der Waals surface area contributed by atoms with Gasteiger partial charge in [0, 0.05) is 11.8 Å². The van der Waals surface area contributed by atoms with Gasteiger partial charge in [-0.1, -0.05) is 20.8 Å². The van der Waals surface area contributed by atoms with Gasteiger partial charge in [0.1, 0.15) is 5.78 Å². The number of hydrogen-bond acceptors (Lipinski definition) is 2. The zero-order valence-electron chi connectivity index (χ0n) is 14.7. The van der Waals surface area contributed by atoms with Crippen molar-refractivity contribution in [3.63, 3.8) is 0 Å². The molecule has 0 aromatic rings. The molecule has 0 unspecified atom stereocenters. The minimum atomic E-state index is -0.446. The number of Topliss-reactive ketones (excluding diaryl/α,β-unsaturated/α-hetero) is 1. The minimum Gasteiger partial charge on any atom is -0.390 e. The maximum atomic E-state index is 12.5. The van der Waals surface area contributed by atoms with E-state index in [0.29, 0.717) is 28.4 Å². The summed E-state index contributed by atoms with van der Waals surface area (Å²) in [5.74, 6) is 2.24. The van der Waals surface area contributed by atoms with Gasteiger partial charge in [0.05, 0.1) is 5.60 Å². The fourth-order valence-electron chi connectivity index (χ4n) is 7.72. The van der Waals surface area contributed by atoms with E-state index in [-0.39, 0.29) is 5.41 Å². The summed E-state index contributed by atoms with van der Waals surface area (Å²) in [6, 6.07) is 0.